The molecule has 3 rings (SSSR count). The maximum Gasteiger partial charge on any atom is 0.267 e. The number of hydrogen-bond donors (Lipinski definition) is 1. The standard InChI is InChI=1S/C20H22FN5O2/c1-13(2)26-18(27)8-7-17(25-26)16-12-23-20(22)24-19(16)14-5-3-6-15(11-14)28-10-4-9-21/h3,5-8,11-13H,4,9-10H2,1-2H3,(H2,22,23,24). The highest BCUT2D eigenvalue weighted by Gasteiger charge is 2.15. The first-order chi connectivity index (χ1) is 13.5. The summed E-state index contributed by atoms with van der Waals surface area (Å²) in [5.41, 5.74) is 8.16. The molecule has 0 aliphatic carbocycles. The molecule has 0 spiro atoms. The van der Waals surface area contributed by atoms with Gasteiger partial charge in [-0.15, -0.1) is 0 Å². The minimum atomic E-state index is -0.427. The molecule has 0 atom stereocenters. The van der Waals surface area contributed by atoms with E-state index in [1.54, 1.807) is 18.3 Å². The Hall–Kier alpha value is -3.29. The summed E-state index contributed by atoms with van der Waals surface area (Å²) in [5, 5.41) is 4.45. The molecule has 7 nitrogen and oxygen atoms in total. The van der Waals surface area contributed by atoms with E-state index in [0.29, 0.717) is 35.7 Å². The van der Waals surface area contributed by atoms with Crippen LogP contribution in [0.25, 0.3) is 22.5 Å². The number of nitrogen functional groups attached to an aromatic ring is 1. The van der Waals surface area contributed by atoms with Crippen LogP contribution >= 0.6 is 0 Å². The average Bonchev–Trinajstić information content (AvgIpc) is 2.69. The zero-order chi connectivity index (χ0) is 20.1. The topological polar surface area (TPSA) is 95.9 Å². The van der Waals surface area contributed by atoms with Crippen molar-refractivity contribution in [2.75, 3.05) is 19.0 Å². The molecule has 0 fully saturated rings. The zero-order valence-corrected chi connectivity index (χ0v) is 15.8. The summed E-state index contributed by atoms with van der Waals surface area (Å²) in [5.74, 6) is 0.730. The van der Waals surface area contributed by atoms with Gasteiger partial charge < -0.3 is 10.5 Å². The van der Waals surface area contributed by atoms with Crippen molar-refractivity contribution in [3.8, 4) is 28.3 Å². The van der Waals surface area contributed by atoms with Crippen LogP contribution in [0.3, 0.4) is 0 Å². The second-order valence-electron chi connectivity index (χ2n) is 6.50. The van der Waals surface area contributed by atoms with Gasteiger partial charge >= 0.3 is 0 Å². The minimum absolute atomic E-state index is 0.0853. The van der Waals surface area contributed by atoms with Crippen molar-refractivity contribution < 1.29 is 9.13 Å². The Bertz CT molecular complexity index is 1020. The van der Waals surface area contributed by atoms with E-state index < -0.39 is 6.67 Å². The molecule has 2 aromatic heterocycles. The van der Waals surface area contributed by atoms with Crippen LogP contribution in [0.15, 0.2) is 47.4 Å². The van der Waals surface area contributed by atoms with E-state index in [9.17, 15) is 9.18 Å². The lowest BCUT2D eigenvalue weighted by molar-refractivity contribution is 0.290. The van der Waals surface area contributed by atoms with E-state index in [1.807, 2.05) is 32.0 Å². The number of nitrogens with zero attached hydrogens (tertiary/aromatic N) is 4. The van der Waals surface area contributed by atoms with Gasteiger partial charge in [-0.05, 0) is 32.0 Å². The summed E-state index contributed by atoms with van der Waals surface area (Å²) in [4.78, 5) is 20.5. The SMILES string of the molecule is CC(C)n1nc(-c2cnc(N)nc2-c2cccc(OCCCF)c2)ccc1=O. The molecule has 0 aliphatic rings. The van der Waals surface area contributed by atoms with Crippen LogP contribution in [0, 0.1) is 0 Å². The van der Waals surface area contributed by atoms with Crippen molar-refractivity contribution >= 4 is 5.95 Å². The molecule has 0 aliphatic heterocycles. The Kier molecular flexibility index (Phi) is 5.98. The number of hydrogen-bond acceptors (Lipinski definition) is 6. The van der Waals surface area contributed by atoms with E-state index in [-0.39, 0.29) is 17.5 Å². The van der Waals surface area contributed by atoms with Crippen molar-refractivity contribution in [2.24, 2.45) is 0 Å². The van der Waals surface area contributed by atoms with E-state index in [1.165, 1.54) is 10.7 Å². The quantitative estimate of drug-likeness (QED) is 0.629. The maximum absolute atomic E-state index is 12.3. The Balaban J connectivity index is 2.06. The monoisotopic (exact) mass is 383 g/mol. The summed E-state index contributed by atoms with van der Waals surface area (Å²) in [6.07, 6.45) is 1.92. The smallest absolute Gasteiger partial charge is 0.267 e. The second kappa shape index (κ2) is 8.60. The molecule has 0 radical (unpaired) electrons. The van der Waals surface area contributed by atoms with Crippen LogP contribution in [0.5, 0.6) is 5.75 Å². The number of ether oxygens (including phenoxy) is 1. The first-order valence-corrected chi connectivity index (χ1v) is 9.01. The van der Waals surface area contributed by atoms with Crippen LogP contribution < -0.4 is 16.0 Å². The normalized spacial score (nSPS) is 11.0. The van der Waals surface area contributed by atoms with E-state index in [0.717, 1.165) is 5.56 Å². The molecular weight excluding hydrogens is 361 g/mol. The van der Waals surface area contributed by atoms with Gasteiger partial charge in [-0.1, -0.05) is 12.1 Å². The lowest BCUT2D eigenvalue weighted by atomic mass is 10.0. The van der Waals surface area contributed by atoms with Crippen molar-refractivity contribution in [1.82, 2.24) is 19.7 Å². The fraction of sp³-hybridized carbons (Fsp3) is 0.300. The molecule has 0 saturated heterocycles. The van der Waals surface area contributed by atoms with Crippen LogP contribution in [0.4, 0.5) is 10.3 Å². The van der Waals surface area contributed by atoms with Crippen molar-refractivity contribution in [1.29, 1.82) is 0 Å². The summed E-state index contributed by atoms with van der Waals surface area (Å²) < 4.78 is 19.3. The fourth-order valence-electron chi connectivity index (χ4n) is 2.72. The number of anilines is 1. The molecule has 0 saturated carbocycles. The van der Waals surface area contributed by atoms with Crippen molar-refractivity contribution in [3.63, 3.8) is 0 Å². The number of halogens is 1. The van der Waals surface area contributed by atoms with Gasteiger partial charge in [0, 0.05) is 29.8 Å². The Morgan fingerprint density at radius 1 is 1.25 bits per heavy atom. The predicted molar refractivity (Wildman–Crippen MR) is 106 cm³/mol. The van der Waals surface area contributed by atoms with Gasteiger partial charge in [-0.25, -0.2) is 14.6 Å². The molecule has 1 aromatic carbocycles. The fourth-order valence-corrected chi connectivity index (χ4v) is 2.72. The van der Waals surface area contributed by atoms with Crippen LogP contribution in [0.1, 0.15) is 26.3 Å². The number of nitrogens with two attached hydrogens (primary N) is 1. The van der Waals surface area contributed by atoms with Gasteiger partial charge in [0.1, 0.15) is 5.75 Å². The zero-order valence-electron chi connectivity index (χ0n) is 15.8. The van der Waals surface area contributed by atoms with Gasteiger partial charge in [0.25, 0.3) is 5.56 Å². The molecule has 8 heteroatoms. The first kappa shape index (κ1) is 19.5. The molecule has 28 heavy (non-hydrogen) atoms. The van der Waals surface area contributed by atoms with E-state index >= 15 is 0 Å². The Morgan fingerprint density at radius 3 is 2.82 bits per heavy atom. The third-order valence-corrected chi connectivity index (χ3v) is 4.05. The summed E-state index contributed by atoms with van der Waals surface area (Å²) in [6, 6.07) is 10.3. The number of aromatic nitrogens is 4. The summed E-state index contributed by atoms with van der Waals surface area (Å²) in [6.45, 7) is 3.64. The number of rotatable bonds is 7. The first-order valence-electron chi connectivity index (χ1n) is 9.01. The highest BCUT2D eigenvalue weighted by Crippen LogP contribution is 2.31. The van der Waals surface area contributed by atoms with Gasteiger partial charge in [-0.2, -0.15) is 5.10 Å². The molecule has 0 unspecified atom stereocenters. The highest BCUT2D eigenvalue weighted by atomic mass is 19.1. The number of alkyl halides is 1. The minimum Gasteiger partial charge on any atom is -0.493 e. The molecule has 0 amide bonds. The highest BCUT2D eigenvalue weighted by molar-refractivity contribution is 5.79. The average molecular weight is 383 g/mol. The van der Waals surface area contributed by atoms with Crippen molar-refractivity contribution in [2.45, 2.75) is 26.3 Å². The summed E-state index contributed by atoms with van der Waals surface area (Å²) >= 11 is 0. The maximum atomic E-state index is 12.3. The van der Waals surface area contributed by atoms with Crippen LogP contribution in [-0.2, 0) is 0 Å². The summed E-state index contributed by atoms with van der Waals surface area (Å²) in [7, 11) is 0. The lowest BCUT2D eigenvalue weighted by Crippen LogP contribution is -2.24. The Morgan fingerprint density at radius 2 is 2.07 bits per heavy atom. The van der Waals surface area contributed by atoms with Crippen LogP contribution in [-0.4, -0.2) is 33.0 Å². The number of benzene rings is 1. The molecule has 3 aromatic rings. The molecular formula is C20H22FN5O2. The van der Waals surface area contributed by atoms with Gasteiger partial charge in [-0.3, -0.25) is 9.18 Å². The third kappa shape index (κ3) is 4.33. The largest absolute Gasteiger partial charge is 0.493 e. The molecule has 0 bridgehead atoms. The van der Waals surface area contributed by atoms with Gasteiger partial charge in [0.2, 0.25) is 5.95 Å². The van der Waals surface area contributed by atoms with Crippen molar-refractivity contribution in [3.05, 3.63) is 52.9 Å². The molecule has 2 heterocycles. The second-order valence-corrected chi connectivity index (χ2v) is 6.50. The van der Waals surface area contributed by atoms with Gasteiger partial charge in [0.05, 0.1) is 30.7 Å². The predicted octanol–water partition coefficient (Wildman–Crippen LogP) is 3.27. The van der Waals surface area contributed by atoms with E-state index in [2.05, 4.69) is 15.1 Å². The molecule has 146 valence electrons. The van der Waals surface area contributed by atoms with Crippen LogP contribution in [0.2, 0.25) is 0 Å². The third-order valence-electron chi connectivity index (χ3n) is 4.05. The van der Waals surface area contributed by atoms with E-state index in [4.69, 9.17) is 10.5 Å². The lowest BCUT2D eigenvalue weighted by Gasteiger charge is -2.13. The molecule has 2 N–H and O–H groups in total. The Labute approximate surface area is 162 Å². The van der Waals surface area contributed by atoms with Gasteiger partial charge in [0.15, 0.2) is 0 Å².